The quantitative estimate of drug-likeness (QED) is 0.715. The van der Waals surface area contributed by atoms with Crippen LogP contribution < -0.4 is 0 Å². The molecule has 0 atom stereocenters. The van der Waals surface area contributed by atoms with Crippen LogP contribution in [0.2, 0.25) is 10.0 Å². The van der Waals surface area contributed by atoms with Crippen molar-refractivity contribution in [2.45, 2.75) is 19.8 Å². The van der Waals surface area contributed by atoms with Crippen molar-refractivity contribution in [1.29, 1.82) is 0 Å². The Kier molecular flexibility index (Phi) is 4.62. The molecule has 0 aliphatic rings. The van der Waals surface area contributed by atoms with E-state index < -0.39 is 0 Å². The molecular formula is C16H14Cl2O. The van der Waals surface area contributed by atoms with Crippen molar-refractivity contribution in [3.63, 3.8) is 0 Å². The van der Waals surface area contributed by atoms with Gasteiger partial charge in [0.2, 0.25) is 0 Å². The summed E-state index contributed by atoms with van der Waals surface area (Å²) in [6, 6.07) is 13.2. The third kappa shape index (κ3) is 3.82. The normalized spacial score (nSPS) is 10.5. The number of carbonyl (C=O) groups excluding carboxylic acids is 1. The Morgan fingerprint density at radius 1 is 1.05 bits per heavy atom. The second-order valence-corrected chi connectivity index (χ2v) is 5.36. The van der Waals surface area contributed by atoms with Gasteiger partial charge in [0.15, 0.2) is 5.78 Å². The highest BCUT2D eigenvalue weighted by molar-refractivity contribution is 6.42. The minimum atomic E-state index is 0.0834. The van der Waals surface area contributed by atoms with Crippen LogP contribution in [0, 0.1) is 6.92 Å². The summed E-state index contributed by atoms with van der Waals surface area (Å²) in [6.07, 6.45) is 1.21. The van der Waals surface area contributed by atoms with Gasteiger partial charge in [0, 0.05) is 12.0 Å². The van der Waals surface area contributed by atoms with Gasteiger partial charge < -0.3 is 0 Å². The van der Waals surface area contributed by atoms with Crippen molar-refractivity contribution < 1.29 is 4.79 Å². The molecule has 0 spiro atoms. The Bertz CT molecular complexity index is 605. The molecule has 19 heavy (non-hydrogen) atoms. The SMILES string of the molecule is Cc1cccc(CCC(=O)c2ccc(Cl)c(Cl)c2)c1. The Balaban J connectivity index is 2.03. The van der Waals surface area contributed by atoms with E-state index in [1.165, 1.54) is 11.1 Å². The summed E-state index contributed by atoms with van der Waals surface area (Å²) < 4.78 is 0. The fourth-order valence-corrected chi connectivity index (χ4v) is 2.24. The van der Waals surface area contributed by atoms with Crippen LogP contribution in [0.5, 0.6) is 0 Å². The van der Waals surface area contributed by atoms with Gasteiger partial charge >= 0.3 is 0 Å². The molecule has 1 nitrogen and oxygen atoms in total. The van der Waals surface area contributed by atoms with Crippen molar-refractivity contribution in [1.82, 2.24) is 0 Å². The van der Waals surface area contributed by atoms with Gasteiger partial charge in [0.05, 0.1) is 10.0 Å². The molecule has 0 aliphatic carbocycles. The lowest BCUT2D eigenvalue weighted by atomic mass is 10.0. The zero-order chi connectivity index (χ0) is 13.8. The van der Waals surface area contributed by atoms with Crippen molar-refractivity contribution in [3.8, 4) is 0 Å². The molecule has 0 fully saturated rings. The van der Waals surface area contributed by atoms with Crippen LogP contribution in [0.15, 0.2) is 42.5 Å². The molecule has 0 saturated heterocycles. The van der Waals surface area contributed by atoms with E-state index in [-0.39, 0.29) is 5.78 Å². The average Bonchev–Trinajstić information content (AvgIpc) is 2.39. The third-order valence-electron chi connectivity index (χ3n) is 2.96. The third-order valence-corrected chi connectivity index (χ3v) is 3.70. The maximum atomic E-state index is 12.1. The summed E-state index contributed by atoms with van der Waals surface area (Å²) in [5, 5.41) is 0.889. The first-order valence-corrected chi connectivity index (χ1v) is 6.85. The highest BCUT2D eigenvalue weighted by Crippen LogP contribution is 2.23. The molecule has 0 bridgehead atoms. The zero-order valence-corrected chi connectivity index (χ0v) is 12.1. The zero-order valence-electron chi connectivity index (χ0n) is 10.6. The van der Waals surface area contributed by atoms with Crippen molar-refractivity contribution in [2.75, 3.05) is 0 Å². The maximum Gasteiger partial charge on any atom is 0.163 e. The van der Waals surface area contributed by atoms with Crippen LogP contribution in [0.3, 0.4) is 0 Å². The lowest BCUT2D eigenvalue weighted by Gasteiger charge is -2.04. The molecule has 2 aromatic rings. The van der Waals surface area contributed by atoms with Gasteiger partial charge in [-0.3, -0.25) is 4.79 Å². The number of Topliss-reactive ketones (excluding diaryl/α,β-unsaturated/α-hetero) is 1. The monoisotopic (exact) mass is 292 g/mol. The van der Waals surface area contributed by atoms with Crippen LogP contribution in [0.4, 0.5) is 0 Å². The minimum absolute atomic E-state index is 0.0834. The Morgan fingerprint density at radius 2 is 1.84 bits per heavy atom. The Hall–Kier alpha value is -1.31. The van der Waals surface area contributed by atoms with Gasteiger partial charge in [-0.25, -0.2) is 0 Å². The van der Waals surface area contributed by atoms with E-state index in [1.54, 1.807) is 18.2 Å². The standard InChI is InChI=1S/C16H14Cl2O/c1-11-3-2-4-12(9-11)5-8-16(19)13-6-7-14(17)15(18)10-13/h2-4,6-7,9-10H,5,8H2,1H3. The topological polar surface area (TPSA) is 17.1 Å². The fourth-order valence-electron chi connectivity index (χ4n) is 1.94. The molecule has 0 aromatic heterocycles. The summed E-state index contributed by atoms with van der Waals surface area (Å²) in [6.45, 7) is 2.05. The molecule has 3 heteroatoms. The number of carbonyl (C=O) groups is 1. The molecule has 0 unspecified atom stereocenters. The predicted molar refractivity (Wildman–Crippen MR) is 80.3 cm³/mol. The second-order valence-electron chi connectivity index (χ2n) is 4.54. The van der Waals surface area contributed by atoms with E-state index >= 15 is 0 Å². The molecule has 0 aliphatic heterocycles. The number of aryl methyl sites for hydroxylation is 2. The van der Waals surface area contributed by atoms with Crippen molar-refractivity contribution in [2.24, 2.45) is 0 Å². The molecule has 0 radical (unpaired) electrons. The summed E-state index contributed by atoms with van der Waals surface area (Å²) in [5.41, 5.74) is 3.00. The number of ketones is 1. The lowest BCUT2D eigenvalue weighted by Crippen LogP contribution is -2.01. The first-order valence-electron chi connectivity index (χ1n) is 6.10. The van der Waals surface area contributed by atoms with Crippen LogP contribution in [-0.2, 0) is 6.42 Å². The average molecular weight is 293 g/mol. The largest absolute Gasteiger partial charge is 0.294 e. The van der Waals surface area contributed by atoms with E-state index in [4.69, 9.17) is 23.2 Å². The van der Waals surface area contributed by atoms with Gasteiger partial charge in [-0.05, 0) is 37.1 Å². The molecule has 98 valence electrons. The van der Waals surface area contributed by atoms with Crippen LogP contribution in [0.25, 0.3) is 0 Å². The van der Waals surface area contributed by atoms with E-state index in [0.717, 1.165) is 6.42 Å². The molecule has 2 aromatic carbocycles. The first-order chi connectivity index (χ1) is 9.06. The smallest absolute Gasteiger partial charge is 0.163 e. The number of benzene rings is 2. The van der Waals surface area contributed by atoms with Gasteiger partial charge in [-0.1, -0.05) is 53.0 Å². The summed E-state index contributed by atoms with van der Waals surface area (Å²) in [7, 11) is 0. The molecule has 2 rings (SSSR count). The van der Waals surface area contributed by atoms with Crippen molar-refractivity contribution >= 4 is 29.0 Å². The van der Waals surface area contributed by atoms with Gasteiger partial charge in [-0.15, -0.1) is 0 Å². The molecule has 0 N–H and O–H groups in total. The van der Waals surface area contributed by atoms with Gasteiger partial charge in [-0.2, -0.15) is 0 Å². The van der Waals surface area contributed by atoms with Gasteiger partial charge in [0.25, 0.3) is 0 Å². The number of hydrogen-bond acceptors (Lipinski definition) is 1. The number of rotatable bonds is 4. The minimum Gasteiger partial charge on any atom is -0.294 e. The number of hydrogen-bond donors (Lipinski definition) is 0. The Morgan fingerprint density at radius 3 is 2.53 bits per heavy atom. The van der Waals surface area contributed by atoms with Gasteiger partial charge in [0.1, 0.15) is 0 Å². The van der Waals surface area contributed by atoms with E-state index in [2.05, 4.69) is 6.07 Å². The lowest BCUT2D eigenvalue weighted by molar-refractivity contribution is 0.0983. The summed E-state index contributed by atoms with van der Waals surface area (Å²) in [4.78, 5) is 12.1. The predicted octanol–water partition coefficient (Wildman–Crippen LogP) is 5.12. The first kappa shape index (κ1) is 14.1. The van der Waals surface area contributed by atoms with Crippen LogP contribution >= 0.6 is 23.2 Å². The van der Waals surface area contributed by atoms with Crippen LogP contribution in [-0.4, -0.2) is 5.78 Å². The molecule has 0 heterocycles. The highest BCUT2D eigenvalue weighted by atomic mass is 35.5. The van der Waals surface area contributed by atoms with Crippen LogP contribution in [0.1, 0.15) is 27.9 Å². The fraction of sp³-hybridized carbons (Fsp3) is 0.188. The molecule has 0 amide bonds. The van der Waals surface area contributed by atoms with E-state index in [9.17, 15) is 4.79 Å². The second kappa shape index (κ2) is 6.23. The summed E-state index contributed by atoms with van der Waals surface area (Å²) in [5.74, 6) is 0.0834. The summed E-state index contributed by atoms with van der Waals surface area (Å²) >= 11 is 11.7. The van der Waals surface area contributed by atoms with E-state index in [1.807, 2.05) is 25.1 Å². The highest BCUT2D eigenvalue weighted by Gasteiger charge is 2.08. The maximum absolute atomic E-state index is 12.1. The molecular weight excluding hydrogens is 279 g/mol. The number of halogens is 2. The van der Waals surface area contributed by atoms with E-state index in [0.29, 0.717) is 22.0 Å². The van der Waals surface area contributed by atoms with Crippen molar-refractivity contribution in [3.05, 3.63) is 69.2 Å². The molecule has 0 saturated carbocycles. The Labute approximate surface area is 123 Å².